The predicted molar refractivity (Wildman–Crippen MR) is 79.3 cm³/mol. The lowest BCUT2D eigenvalue weighted by Crippen LogP contribution is -1.99. The summed E-state index contributed by atoms with van der Waals surface area (Å²) in [4.78, 5) is 21.0. The van der Waals surface area contributed by atoms with Crippen LogP contribution in [0.2, 0.25) is 10.0 Å². The zero-order valence-electron chi connectivity index (χ0n) is 10.6. The van der Waals surface area contributed by atoms with E-state index in [1.807, 2.05) is 0 Å². The van der Waals surface area contributed by atoms with Gasteiger partial charge in [-0.15, -0.1) is 0 Å². The SMILES string of the molecule is O=Cc1cc(OCc2ccc(Cl)cc2Cl)ccc1[N+](=O)[O-]. The molecule has 0 bridgehead atoms. The number of hydrogen-bond donors (Lipinski definition) is 0. The number of rotatable bonds is 5. The van der Waals surface area contributed by atoms with E-state index in [9.17, 15) is 14.9 Å². The van der Waals surface area contributed by atoms with Crippen LogP contribution in [0.25, 0.3) is 0 Å². The molecule has 2 rings (SSSR count). The van der Waals surface area contributed by atoms with Crippen molar-refractivity contribution in [1.82, 2.24) is 0 Å². The summed E-state index contributed by atoms with van der Waals surface area (Å²) < 4.78 is 5.48. The van der Waals surface area contributed by atoms with Gasteiger partial charge in [0.1, 0.15) is 12.4 Å². The molecule has 2 aromatic rings. The van der Waals surface area contributed by atoms with E-state index in [1.54, 1.807) is 18.2 Å². The number of benzene rings is 2. The standard InChI is InChI=1S/C14H9Cl2NO4/c15-11-2-1-9(13(16)6-11)8-21-12-3-4-14(17(19)20)10(5-12)7-18/h1-7H,8H2. The van der Waals surface area contributed by atoms with E-state index in [0.29, 0.717) is 27.6 Å². The Balaban J connectivity index is 2.17. The van der Waals surface area contributed by atoms with Crippen LogP contribution in [0.15, 0.2) is 36.4 Å². The van der Waals surface area contributed by atoms with Gasteiger partial charge in [-0.3, -0.25) is 14.9 Å². The Morgan fingerprint density at radius 2 is 1.95 bits per heavy atom. The number of carbonyl (C=O) groups excluding carboxylic acids is 1. The molecule has 0 N–H and O–H groups in total. The topological polar surface area (TPSA) is 69.4 Å². The van der Waals surface area contributed by atoms with Crippen LogP contribution in [-0.4, -0.2) is 11.2 Å². The van der Waals surface area contributed by atoms with Gasteiger partial charge in [0, 0.05) is 21.7 Å². The zero-order valence-corrected chi connectivity index (χ0v) is 12.1. The van der Waals surface area contributed by atoms with Crippen LogP contribution in [0.3, 0.4) is 0 Å². The van der Waals surface area contributed by atoms with Gasteiger partial charge >= 0.3 is 0 Å². The van der Waals surface area contributed by atoms with Crippen LogP contribution in [0.4, 0.5) is 5.69 Å². The van der Waals surface area contributed by atoms with E-state index in [1.165, 1.54) is 18.2 Å². The van der Waals surface area contributed by atoms with Crippen LogP contribution in [0.5, 0.6) is 5.75 Å². The number of aldehydes is 1. The first-order valence-electron chi connectivity index (χ1n) is 5.81. The smallest absolute Gasteiger partial charge is 0.280 e. The van der Waals surface area contributed by atoms with Gasteiger partial charge in [-0.2, -0.15) is 0 Å². The Morgan fingerprint density at radius 3 is 2.57 bits per heavy atom. The summed E-state index contributed by atoms with van der Waals surface area (Å²) >= 11 is 11.8. The maximum atomic E-state index is 10.9. The normalized spacial score (nSPS) is 10.2. The number of hydrogen-bond acceptors (Lipinski definition) is 4. The van der Waals surface area contributed by atoms with Crippen molar-refractivity contribution in [3.05, 3.63) is 67.7 Å². The molecule has 21 heavy (non-hydrogen) atoms. The minimum absolute atomic E-state index is 0.0419. The van der Waals surface area contributed by atoms with Crippen molar-refractivity contribution in [1.29, 1.82) is 0 Å². The fourth-order valence-electron chi connectivity index (χ4n) is 1.68. The highest BCUT2D eigenvalue weighted by Crippen LogP contribution is 2.25. The van der Waals surface area contributed by atoms with Crippen molar-refractivity contribution < 1.29 is 14.5 Å². The number of nitrogens with zero attached hydrogens (tertiary/aromatic N) is 1. The Bertz CT molecular complexity index is 703. The van der Waals surface area contributed by atoms with E-state index in [-0.39, 0.29) is 17.9 Å². The molecule has 0 unspecified atom stereocenters. The van der Waals surface area contributed by atoms with E-state index in [0.717, 1.165) is 0 Å². The molecule has 0 amide bonds. The average Bonchev–Trinajstić information content (AvgIpc) is 2.45. The number of nitro groups is 1. The maximum absolute atomic E-state index is 10.9. The highest BCUT2D eigenvalue weighted by atomic mass is 35.5. The van der Waals surface area contributed by atoms with Crippen LogP contribution >= 0.6 is 23.2 Å². The summed E-state index contributed by atoms with van der Waals surface area (Å²) in [6, 6.07) is 8.95. The second kappa shape index (κ2) is 6.56. The van der Waals surface area contributed by atoms with Crippen molar-refractivity contribution >= 4 is 35.2 Å². The molecule has 5 nitrogen and oxygen atoms in total. The molecule has 108 valence electrons. The quantitative estimate of drug-likeness (QED) is 0.467. The predicted octanol–water partition coefficient (Wildman–Crippen LogP) is 4.29. The molecule has 7 heteroatoms. The van der Waals surface area contributed by atoms with Crippen LogP contribution in [-0.2, 0) is 6.61 Å². The number of carbonyl (C=O) groups is 1. The third kappa shape index (κ3) is 3.71. The first-order chi connectivity index (χ1) is 10.0. The van der Waals surface area contributed by atoms with E-state index < -0.39 is 4.92 Å². The van der Waals surface area contributed by atoms with Crippen LogP contribution in [0, 0.1) is 10.1 Å². The summed E-state index contributed by atoms with van der Waals surface area (Å²) in [7, 11) is 0. The summed E-state index contributed by atoms with van der Waals surface area (Å²) in [5, 5.41) is 11.7. The molecule has 0 aliphatic heterocycles. The van der Waals surface area contributed by atoms with Crippen molar-refractivity contribution in [3.63, 3.8) is 0 Å². The molecule has 0 atom stereocenters. The van der Waals surface area contributed by atoms with Crippen LogP contribution < -0.4 is 4.74 Å². The third-order valence-corrected chi connectivity index (χ3v) is 3.32. The number of ether oxygens (including phenoxy) is 1. The number of nitro benzene ring substituents is 1. The van der Waals surface area contributed by atoms with Gasteiger partial charge in [0.05, 0.1) is 10.5 Å². The van der Waals surface area contributed by atoms with Crippen molar-refractivity contribution in [2.75, 3.05) is 0 Å². The second-order valence-electron chi connectivity index (χ2n) is 4.12. The lowest BCUT2D eigenvalue weighted by molar-refractivity contribution is -0.385. The third-order valence-electron chi connectivity index (χ3n) is 2.73. The van der Waals surface area contributed by atoms with Gasteiger partial charge in [0.2, 0.25) is 0 Å². The summed E-state index contributed by atoms with van der Waals surface area (Å²) in [5.41, 5.74) is 0.411. The van der Waals surface area contributed by atoms with Crippen LogP contribution in [0.1, 0.15) is 15.9 Å². The summed E-state index contributed by atoms with van der Waals surface area (Å²) in [6.45, 7) is 0.159. The molecule has 0 saturated heterocycles. The Morgan fingerprint density at radius 1 is 1.19 bits per heavy atom. The molecule has 0 radical (unpaired) electrons. The molecule has 0 fully saturated rings. The molecule has 0 aromatic heterocycles. The van der Waals surface area contributed by atoms with Gasteiger partial charge in [-0.25, -0.2) is 0 Å². The fraction of sp³-hybridized carbons (Fsp3) is 0.0714. The van der Waals surface area contributed by atoms with Gasteiger partial charge < -0.3 is 4.74 Å². The number of halogens is 2. The van der Waals surface area contributed by atoms with Gasteiger partial charge in [-0.05, 0) is 24.3 Å². The van der Waals surface area contributed by atoms with E-state index >= 15 is 0 Å². The Labute approximate surface area is 130 Å². The highest BCUT2D eigenvalue weighted by molar-refractivity contribution is 6.35. The molecular weight excluding hydrogens is 317 g/mol. The highest BCUT2D eigenvalue weighted by Gasteiger charge is 2.14. The molecule has 0 heterocycles. The molecule has 2 aromatic carbocycles. The second-order valence-corrected chi connectivity index (χ2v) is 4.96. The van der Waals surface area contributed by atoms with Crippen molar-refractivity contribution in [2.45, 2.75) is 6.61 Å². The molecule has 0 aliphatic carbocycles. The van der Waals surface area contributed by atoms with Crippen molar-refractivity contribution in [3.8, 4) is 5.75 Å². The van der Waals surface area contributed by atoms with Gasteiger partial charge in [0.15, 0.2) is 6.29 Å². The zero-order chi connectivity index (χ0) is 15.4. The van der Waals surface area contributed by atoms with Gasteiger partial charge in [-0.1, -0.05) is 29.3 Å². The minimum atomic E-state index is -0.621. The average molecular weight is 326 g/mol. The lowest BCUT2D eigenvalue weighted by atomic mass is 10.2. The first-order valence-corrected chi connectivity index (χ1v) is 6.57. The maximum Gasteiger partial charge on any atom is 0.280 e. The first kappa shape index (κ1) is 15.3. The monoisotopic (exact) mass is 325 g/mol. The largest absolute Gasteiger partial charge is 0.489 e. The molecule has 0 spiro atoms. The van der Waals surface area contributed by atoms with Crippen molar-refractivity contribution in [2.24, 2.45) is 0 Å². The molecule has 0 aliphatic rings. The Kier molecular flexibility index (Phi) is 4.77. The Hall–Kier alpha value is -2.11. The van der Waals surface area contributed by atoms with E-state index in [2.05, 4.69) is 0 Å². The van der Waals surface area contributed by atoms with E-state index in [4.69, 9.17) is 27.9 Å². The summed E-state index contributed by atoms with van der Waals surface area (Å²) in [6.07, 6.45) is 0.417. The summed E-state index contributed by atoms with van der Waals surface area (Å²) in [5.74, 6) is 0.341. The fourth-order valence-corrected chi connectivity index (χ4v) is 2.15. The molecular formula is C14H9Cl2NO4. The molecule has 0 saturated carbocycles. The lowest BCUT2D eigenvalue weighted by Gasteiger charge is -2.08. The van der Waals surface area contributed by atoms with Gasteiger partial charge in [0.25, 0.3) is 5.69 Å². The minimum Gasteiger partial charge on any atom is -0.489 e.